The fourth-order valence-electron chi connectivity index (χ4n) is 2.24. The van der Waals surface area contributed by atoms with Crippen molar-refractivity contribution < 1.29 is 8.42 Å². The first kappa shape index (κ1) is 21.9. The molecule has 4 nitrogen and oxygen atoms in total. The highest BCUT2D eigenvalue weighted by Crippen LogP contribution is 2.19. The summed E-state index contributed by atoms with van der Waals surface area (Å²) in [4.78, 5) is 0. The van der Waals surface area contributed by atoms with E-state index >= 15 is 0 Å². The fraction of sp³-hybridized carbons (Fsp3) is 0.579. The van der Waals surface area contributed by atoms with Crippen molar-refractivity contribution in [3.63, 3.8) is 0 Å². The molecule has 0 saturated carbocycles. The zero-order chi connectivity index (χ0) is 18.9. The second-order valence-electron chi connectivity index (χ2n) is 7.17. The van der Waals surface area contributed by atoms with E-state index in [1.165, 1.54) is 11.8 Å². The minimum atomic E-state index is -3.00. The maximum atomic E-state index is 12.0. The van der Waals surface area contributed by atoms with Gasteiger partial charge < -0.3 is 0 Å². The number of hydrogen-bond acceptors (Lipinski definition) is 5. The summed E-state index contributed by atoms with van der Waals surface area (Å²) in [6, 6.07) is 9.48. The van der Waals surface area contributed by atoms with Crippen molar-refractivity contribution in [3.8, 4) is 0 Å². The third-order valence-electron chi connectivity index (χ3n) is 4.01. The van der Waals surface area contributed by atoms with E-state index < -0.39 is 14.6 Å². The fourth-order valence-corrected chi connectivity index (χ4v) is 4.18. The van der Waals surface area contributed by atoms with Gasteiger partial charge in [-0.2, -0.15) is 0 Å². The van der Waals surface area contributed by atoms with Crippen LogP contribution in [-0.4, -0.2) is 29.0 Å². The Morgan fingerprint density at radius 1 is 0.960 bits per heavy atom. The van der Waals surface area contributed by atoms with Gasteiger partial charge in [0.1, 0.15) is 5.04 Å². The Morgan fingerprint density at radius 2 is 1.52 bits per heavy atom. The molecule has 0 amide bonds. The molecule has 0 aromatic heterocycles. The molecule has 1 aromatic carbocycles. The minimum absolute atomic E-state index is 0.260. The van der Waals surface area contributed by atoms with Crippen molar-refractivity contribution in [3.05, 3.63) is 35.9 Å². The van der Waals surface area contributed by atoms with Crippen LogP contribution in [0, 0.1) is 10.8 Å². The summed E-state index contributed by atoms with van der Waals surface area (Å²) in [5.41, 5.74) is 0.845. The SMILES string of the molecule is CC(C)(C)S(=O)(=O)CCCCCCCC(=N)SC(=N)c1ccccc1. The number of nitrogens with one attached hydrogen (secondary N) is 2. The highest BCUT2D eigenvalue weighted by Gasteiger charge is 2.27. The molecular weight excluding hydrogens is 352 g/mol. The van der Waals surface area contributed by atoms with Crippen molar-refractivity contribution >= 4 is 31.7 Å². The lowest BCUT2D eigenvalue weighted by Crippen LogP contribution is -2.30. The van der Waals surface area contributed by atoms with E-state index in [2.05, 4.69) is 0 Å². The highest BCUT2D eigenvalue weighted by atomic mass is 32.2. The summed E-state index contributed by atoms with van der Waals surface area (Å²) >= 11 is 1.21. The van der Waals surface area contributed by atoms with E-state index in [1.54, 1.807) is 20.8 Å². The van der Waals surface area contributed by atoms with E-state index in [-0.39, 0.29) is 5.75 Å². The molecular formula is C19H30N2O2S2. The van der Waals surface area contributed by atoms with Gasteiger partial charge in [0.25, 0.3) is 0 Å². The highest BCUT2D eigenvalue weighted by molar-refractivity contribution is 8.26. The van der Waals surface area contributed by atoms with Crippen LogP contribution in [0.3, 0.4) is 0 Å². The summed E-state index contributed by atoms with van der Waals surface area (Å²) < 4.78 is 23.3. The summed E-state index contributed by atoms with van der Waals surface area (Å²) in [7, 11) is -3.00. The van der Waals surface area contributed by atoms with Crippen LogP contribution in [0.1, 0.15) is 64.9 Å². The first-order valence-corrected chi connectivity index (χ1v) is 11.2. The van der Waals surface area contributed by atoms with Crippen LogP contribution in [0.2, 0.25) is 0 Å². The predicted octanol–water partition coefficient (Wildman–Crippen LogP) is 5.28. The average molecular weight is 383 g/mol. The number of rotatable bonds is 9. The van der Waals surface area contributed by atoms with Gasteiger partial charge in [0.05, 0.1) is 15.5 Å². The molecule has 0 atom stereocenters. The number of thioether (sulfide) groups is 1. The Labute approximate surface area is 156 Å². The Balaban J connectivity index is 2.14. The van der Waals surface area contributed by atoms with Crippen LogP contribution < -0.4 is 0 Å². The monoisotopic (exact) mass is 382 g/mol. The standard InChI is InChI=1S/C19H30N2O2S2/c1-19(2,3)25(22,23)15-11-6-4-5-10-14-17(20)24-18(21)16-12-8-7-9-13-16/h7-9,12-13,20-21H,4-6,10-11,14-15H2,1-3H3. The molecule has 0 fully saturated rings. The average Bonchev–Trinajstić information content (AvgIpc) is 2.53. The molecule has 1 rings (SSSR count). The number of unbranched alkanes of at least 4 members (excludes halogenated alkanes) is 4. The largest absolute Gasteiger partial charge is 0.298 e. The van der Waals surface area contributed by atoms with Crippen LogP contribution in [0.15, 0.2) is 30.3 Å². The molecule has 0 aliphatic rings. The molecule has 0 spiro atoms. The third-order valence-corrected chi connectivity index (χ3v) is 7.59. The van der Waals surface area contributed by atoms with E-state index in [0.717, 1.165) is 31.2 Å². The molecule has 0 bridgehead atoms. The van der Waals surface area contributed by atoms with Gasteiger partial charge in [-0.05, 0) is 40.0 Å². The van der Waals surface area contributed by atoms with Crippen LogP contribution in [0.5, 0.6) is 0 Å². The van der Waals surface area contributed by atoms with E-state index in [9.17, 15) is 8.42 Å². The van der Waals surface area contributed by atoms with Gasteiger partial charge in [-0.1, -0.05) is 61.4 Å². The predicted molar refractivity (Wildman–Crippen MR) is 110 cm³/mol. The molecule has 25 heavy (non-hydrogen) atoms. The van der Waals surface area contributed by atoms with Crippen molar-refractivity contribution in [1.82, 2.24) is 0 Å². The molecule has 2 N–H and O–H groups in total. The normalized spacial score (nSPS) is 12.1. The van der Waals surface area contributed by atoms with Crippen LogP contribution >= 0.6 is 11.8 Å². The summed E-state index contributed by atoms with van der Waals surface area (Å²) in [5.74, 6) is 0.260. The number of sulfone groups is 1. The lowest BCUT2D eigenvalue weighted by Gasteiger charge is -2.18. The van der Waals surface area contributed by atoms with Gasteiger partial charge in [0, 0.05) is 5.56 Å². The molecule has 0 aliphatic heterocycles. The van der Waals surface area contributed by atoms with E-state index in [0.29, 0.717) is 22.9 Å². The van der Waals surface area contributed by atoms with Crippen LogP contribution in [-0.2, 0) is 9.84 Å². The van der Waals surface area contributed by atoms with E-state index in [1.807, 2.05) is 30.3 Å². The Hall–Kier alpha value is -1.14. The molecule has 0 heterocycles. The van der Waals surface area contributed by atoms with Gasteiger partial charge in [-0.3, -0.25) is 10.8 Å². The molecule has 0 unspecified atom stereocenters. The second kappa shape index (κ2) is 10.1. The van der Waals surface area contributed by atoms with Gasteiger partial charge in [0.15, 0.2) is 9.84 Å². The zero-order valence-corrected chi connectivity index (χ0v) is 17.1. The summed E-state index contributed by atoms with van der Waals surface area (Å²) in [6.45, 7) is 5.25. The smallest absolute Gasteiger partial charge is 0.155 e. The minimum Gasteiger partial charge on any atom is -0.298 e. The molecule has 6 heteroatoms. The second-order valence-corrected chi connectivity index (χ2v) is 11.1. The van der Waals surface area contributed by atoms with Gasteiger partial charge in [-0.15, -0.1) is 0 Å². The Kier molecular flexibility index (Phi) is 8.86. The Morgan fingerprint density at radius 3 is 2.12 bits per heavy atom. The molecule has 0 saturated heterocycles. The Bertz CT molecular complexity index is 662. The lowest BCUT2D eigenvalue weighted by atomic mass is 10.1. The maximum absolute atomic E-state index is 12.0. The van der Waals surface area contributed by atoms with Crippen molar-refractivity contribution in [2.24, 2.45) is 0 Å². The van der Waals surface area contributed by atoms with Gasteiger partial charge in [-0.25, -0.2) is 8.42 Å². The topological polar surface area (TPSA) is 81.8 Å². The molecule has 1 aromatic rings. The zero-order valence-electron chi connectivity index (χ0n) is 15.5. The number of hydrogen-bond donors (Lipinski definition) is 2. The first-order chi connectivity index (χ1) is 11.6. The third kappa shape index (κ3) is 8.19. The van der Waals surface area contributed by atoms with Crippen LogP contribution in [0.4, 0.5) is 0 Å². The summed E-state index contributed by atoms with van der Waals surface area (Å²) in [6.07, 6.45) is 5.21. The van der Waals surface area contributed by atoms with E-state index in [4.69, 9.17) is 10.8 Å². The molecule has 0 aliphatic carbocycles. The number of benzene rings is 1. The summed E-state index contributed by atoms with van der Waals surface area (Å²) in [5, 5.41) is 16.9. The first-order valence-electron chi connectivity index (χ1n) is 8.75. The lowest BCUT2D eigenvalue weighted by molar-refractivity contribution is 0.553. The van der Waals surface area contributed by atoms with Crippen molar-refractivity contribution in [2.45, 2.75) is 64.0 Å². The van der Waals surface area contributed by atoms with Gasteiger partial charge in [0.2, 0.25) is 0 Å². The van der Waals surface area contributed by atoms with Gasteiger partial charge >= 0.3 is 0 Å². The quantitative estimate of drug-likeness (QED) is 0.346. The van der Waals surface area contributed by atoms with Crippen LogP contribution in [0.25, 0.3) is 0 Å². The molecule has 140 valence electrons. The molecule has 0 radical (unpaired) electrons. The van der Waals surface area contributed by atoms with Crippen molar-refractivity contribution in [2.75, 3.05) is 5.75 Å². The van der Waals surface area contributed by atoms with Crippen molar-refractivity contribution in [1.29, 1.82) is 10.8 Å². The maximum Gasteiger partial charge on any atom is 0.155 e.